The number of anilines is 1. The van der Waals surface area contributed by atoms with E-state index >= 15 is 0 Å². The van der Waals surface area contributed by atoms with E-state index in [0.717, 1.165) is 5.82 Å². The first-order valence-electron chi connectivity index (χ1n) is 6.31. The van der Waals surface area contributed by atoms with Gasteiger partial charge in [0.15, 0.2) is 0 Å². The van der Waals surface area contributed by atoms with E-state index < -0.39 is 0 Å². The third-order valence-electron chi connectivity index (χ3n) is 3.11. The normalized spacial score (nSPS) is 12.4. The van der Waals surface area contributed by atoms with Crippen LogP contribution in [0.3, 0.4) is 0 Å². The van der Waals surface area contributed by atoms with E-state index in [1.165, 1.54) is 24.3 Å². The van der Waals surface area contributed by atoms with Gasteiger partial charge in [-0.15, -0.1) is 0 Å². The number of benzene rings is 1. The fourth-order valence-corrected chi connectivity index (χ4v) is 1.74. The van der Waals surface area contributed by atoms with Crippen LogP contribution in [-0.2, 0) is 11.3 Å². The van der Waals surface area contributed by atoms with Crippen molar-refractivity contribution >= 4 is 11.6 Å². The SMILES string of the molecule is CC(C(=O)Nc1ccc(F)cc1)N(C)Cc1ncc[nH]1. The second-order valence-electron chi connectivity index (χ2n) is 4.62. The minimum atomic E-state index is -0.329. The summed E-state index contributed by atoms with van der Waals surface area (Å²) in [6.45, 7) is 2.35. The molecule has 0 aliphatic heterocycles. The van der Waals surface area contributed by atoms with E-state index in [-0.39, 0.29) is 17.8 Å². The summed E-state index contributed by atoms with van der Waals surface area (Å²) in [6.07, 6.45) is 3.42. The van der Waals surface area contributed by atoms with Crippen molar-refractivity contribution in [2.45, 2.75) is 19.5 Å². The number of carbonyl (C=O) groups is 1. The molecule has 0 aliphatic carbocycles. The van der Waals surface area contributed by atoms with Crippen molar-refractivity contribution in [3.8, 4) is 0 Å². The second-order valence-corrected chi connectivity index (χ2v) is 4.62. The molecule has 0 aliphatic rings. The van der Waals surface area contributed by atoms with Crippen molar-refractivity contribution in [3.05, 3.63) is 48.3 Å². The number of likely N-dealkylation sites (N-methyl/N-ethyl adjacent to an activating group) is 1. The van der Waals surface area contributed by atoms with Crippen LogP contribution in [0.25, 0.3) is 0 Å². The number of rotatable bonds is 5. The molecule has 0 radical (unpaired) electrons. The van der Waals surface area contributed by atoms with Crippen LogP contribution in [0.1, 0.15) is 12.7 Å². The topological polar surface area (TPSA) is 61.0 Å². The van der Waals surface area contributed by atoms with E-state index in [0.29, 0.717) is 12.2 Å². The number of aromatic nitrogens is 2. The highest BCUT2D eigenvalue weighted by Gasteiger charge is 2.18. The number of halogens is 1. The maximum Gasteiger partial charge on any atom is 0.241 e. The molecule has 1 aromatic heterocycles. The Bertz CT molecular complexity index is 553. The minimum Gasteiger partial charge on any atom is -0.348 e. The summed E-state index contributed by atoms with van der Waals surface area (Å²) in [4.78, 5) is 21.1. The van der Waals surface area contributed by atoms with E-state index in [9.17, 15) is 9.18 Å². The number of aromatic amines is 1. The molecule has 20 heavy (non-hydrogen) atoms. The van der Waals surface area contributed by atoms with Crippen molar-refractivity contribution in [2.75, 3.05) is 12.4 Å². The molecule has 0 fully saturated rings. The minimum absolute atomic E-state index is 0.148. The van der Waals surface area contributed by atoms with Crippen LogP contribution in [0, 0.1) is 5.82 Å². The molecule has 2 aromatic rings. The van der Waals surface area contributed by atoms with Gasteiger partial charge in [-0.2, -0.15) is 0 Å². The molecule has 6 heteroatoms. The molecule has 0 saturated heterocycles. The average molecular weight is 276 g/mol. The van der Waals surface area contributed by atoms with Gasteiger partial charge < -0.3 is 10.3 Å². The highest BCUT2D eigenvalue weighted by atomic mass is 19.1. The number of H-pyrrole nitrogens is 1. The molecule has 0 bridgehead atoms. The summed E-state index contributed by atoms with van der Waals surface area (Å²) in [5, 5.41) is 2.75. The van der Waals surface area contributed by atoms with Gasteiger partial charge in [-0.1, -0.05) is 0 Å². The Morgan fingerprint density at radius 1 is 1.45 bits per heavy atom. The first kappa shape index (κ1) is 14.2. The van der Waals surface area contributed by atoms with Crippen molar-refractivity contribution in [3.63, 3.8) is 0 Å². The zero-order valence-corrected chi connectivity index (χ0v) is 11.4. The first-order chi connectivity index (χ1) is 9.56. The Hall–Kier alpha value is -2.21. The van der Waals surface area contributed by atoms with Crippen molar-refractivity contribution < 1.29 is 9.18 Å². The fourth-order valence-electron chi connectivity index (χ4n) is 1.74. The molecule has 1 aromatic carbocycles. The fraction of sp³-hybridized carbons (Fsp3) is 0.286. The summed E-state index contributed by atoms with van der Waals surface area (Å²) in [6, 6.07) is 5.36. The Morgan fingerprint density at radius 3 is 2.75 bits per heavy atom. The van der Waals surface area contributed by atoms with Crippen LogP contribution in [-0.4, -0.2) is 33.9 Å². The number of hydrogen-bond donors (Lipinski definition) is 2. The van der Waals surface area contributed by atoms with Gasteiger partial charge in [0.2, 0.25) is 5.91 Å². The second kappa shape index (κ2) is 6.29. The van der Waals surface area contributed by atoms with Crippen molar-refractivity contribution in [1.82, 2.24) is 14.9 Å². The van der Waals surface area contributed by atoms with Gasteiger partial charge in [-0.3, -0.25) is 9.69 Å². The Kier molecular flexibility index (Phi) is 4.47. The van der Waals surface area contributed by atoms with Crippen LogP contribution in [0.15, 0.2) is 36.7 Å². The van der Waals surface area contributed by atoms with E-state index in [4.69, 9.17) is 0 Å². The molecule has 0 spiro atoms. The Morgan fingerprint density at radius 2 is 2.15 bits per heavy atom. The quantitative estimate of drug-likeness (QED) is 0.878. The standard InChI is InChI=1S/C14H17FN4O/c1-10(19(2)9-13-16-7-8-17-13)14(20)18-12-5-3-11(15)4-6-12/h3-8,10H,9H2,1-2H3,(H,16,17)(H,18,20). The van der Waals surface area contributed by atoms with E-state index in [1.54, 1.807) is 12.4 Å². The maximum atomic E-state index is 12.8. The lowest BCUT2D eigenvalue weighted by Gasteiger charge is -2.22. The lowest BCUT2D eigenvalue weighted by molar-refractivity contribution is -0.120. The molecule has 1 atom stereocenters. The van der Waals surface area contributed by atoms with Gasteiger partial charge in [0.05, 0.1) is 12.6 Å². The van der Waals surface area contributed by atoms with Crippen LogP contribution in [0.2, 0.25) is 0 Å². The van der Waals surface area contributed by atoms with Crippen molar-refractivity contribution in [2.24, 2.45) is 0 Å². The van der Waals surface area contributed by atoms with Gasteiger partial charge >= 0.3 is 0 Å². The predicted octanol–water partition coefficient (Wildman–Crippen LogP) is 2.01. The molecule has 2 rings (SSSR count). The molecule has 1 unspecified atom stereocenters. The van der Waals surface area contributed by atoms with Gasteiger partial charge in [0.25, 0.3) is 0 Å². The summed E-state index contributed by atoms with van der Waals surface area (Å²) in [5.41, 5.74) is 0.578. The average Bonchev–Trinajstić information content (AvgIpc) is 2.93. The molecule has 106 valence electrons. The summed E-state index contributed by atoms with van der Waals surface area (Å²) in [7, 11) is 1.84. The number of nitrogens with one attached hydrogen (secondary N) is 2. The highest BCUT2D eigenvalue weighted by Crippen LogP contribution is 2.10. The van der Waals surface area contributed by atoms with Crippen LogP contribution < -0.4 is 5.32 Å². The number of hydrogen-bond acceptors (Lipinski definition) is 3. The van der Waals surface area contributed by atoms with Crippen LogP contribution >= 0.6 is 0 Å². The Labute approximate surface area is 116 Å². The zero-order chi connectivity index (χ0) is 14.5. The summed E-state index contributed by atoms with van der Waals surface area (Å²) < 4.78 is 12.8. The molecule has 1 heterocycles. The summed E-state index contributed by atoms with van der Waals surface area (Å²) >= 11 is 0. The van der Waals surface area contributed by atoms with Crippen molar-refractivity contribution in [1.29, 1.82) is 0 Å². The molecule has 5 nitrogen and oxygen atoms in total. The number of carbonyl (C=O) groups excluding carboxylic acids is 1. The first-order valence-corrected chi connectivity index (χ1v) is 6.31. The monoisotopic (exact) mass is 276 g/mol. The van der Waals surface area contributed by atoms with Gasteiger partial charge in [-0.05, 0) is 38.2 Å². The smallest absolute Gasteiger partial charge is 0.241 e. The summed E-state index contributed by atoms with van der Waals surface area (Å²) in [5.74, 6) is 0.325. The van der Waals surface area contributed by atoms with Gasteiger partial charge in [0.1, 0.15) is 11.6 Å². The molecule has 1 amide bonds. The van der Waals surface area contributed by atoms with E-state index in [2.05, 4.69) is 15.3 Å². The highest BCUT2D eigenvalue weighted by molar-refractivity contribution is 5.94. The number of nitrogens with zero attached hydrogens (tertiary/aromatic N) is 2. The van der Waals surface area contributed by atoms with Crippen LogP contribution in [0.4, 0.5) is 10.1 Å². The van der Waals surface area contributed by atoms with E-state index in [1.807, 2.05) is 18.9 Å². The molecule has 2 N–H and O–H groups in total. The number of amides is 1. The molecular formula is C14H17FN4O. The largest absolute Gasteiger partial charge is 0.348 e. The predicted molar refractivity (Wildman–Crippen MR) is 74.5 cm³/mol. The number of imidazole rings is 1. The Balaban J connectivity index is 1.92. The molecule has 0 saturated carbocycles. The van der Waals surface area contributed by atoms with Gasteiger partial charge in [-0.25, -0.2) is 9.37 Å². The van der Waals surface area contributed by atoms with Gasteiger partial charge in [0, 0.05) is 18.1 Å². The maximum absolute atomic E-state index is 12.8. The third-order valence-corrected chi connectivity index (χ3v) is 3.11. The lowest BCUT2D eigenvalue weighted by Crippen LogP contribution is -2.39. The zero-order valence-electron chi connectivity index (χ0n) is 11.4. The van der Waals surface area contributed by atoms with Crippen LogP contribution in [0.5, 0.6) is 0 Å². The third kappa shape index (κ3) is 3.64. The molecular weight excluding hydrogens is 259 g/mol. The lowest BCUT2D eigenvalue weighted by atomic mass is 10.2.